The number of H-pyrrole nitrogens is 1. The molecule has 0 saturated carbocycles. The van der Waals surface area contributed by atoms with Gasteiger partial charge in [0.25, 0.3) is 5.56 Å². The van der Waals surface area contributed by atoms with Crippen molar-refractivity contribution in [2.24, 2.45) is 0 Å². The van der Waals surface area contributed by atoms with Crippen molar-refractivity contribution in [3.63, 3.8) is 0 Å². The van der Waals surface area contributed by atoms with Gasteiger partial charge in [-0.2, -0.15) is 0 Å². The average molecular weight is 421 g/mol. The first-order valence-electron chi connectivity index (χ1n) is 9.85. The van der Waals surface area contributed by atoms with Crippen LogP contribution in [0.5, 0.6) is 0 Å². The highest BCUT2D eigenvalue weighted by atomic mass is 32.1. The molecule has 3 aromatic heterocycles. The van der Waals surface area contributed by atoms with Crippen LogP contribution in [0.15, 0.2) is 64.1 Å². The zero-order valence-corrected chi connectivity index (χ0v) is 17.8. The number of benzene rings is 1. The minimum absolute atomic E-state index is 0.0292. The molecule has 0 spiro atoms. The number of thiophene rings is 2. The summed E-state index contributed by atoms with van der Waals surface area (Å²) in [5.74, 6) is 0.786. The quantitative estimate of drug-likeness (QED) is 0.521. The Morgan fingerprint density at radius 2 is 2.00 bits per heavy atom. The van der Waals surface area contributed by atoms with E-state index < -0.39 is 0 Å². The molecule has 146 valence electrons. The Balaban J connectivity index is 1.41. The maximum Gasteiger partial charge on any atom is 0.260 e. The molecule has 0 amide bonds. The van der Waals surface area contributed by atoms with Crippen LogP contribution in [0.4, 0.5) is 0 Å². The molecule has 0 radical (unpaired) electrons. The topological polar surface area (TPSA) is 50.2 Å². The van der Waals surface area contributed by atoms with E-state index in [1.807, 2.05) is 11.4 Å². The van der Waals surface area contributed by atoms with Crippen molar-refractivity contribution in [2.45, 2.75) is 19.4 Å². The molecule has 1 unspecified atom stereocenters. The van der Waals surface area contributed by atoms with Gasteiger partial charge in [0.2, 0.25) is 0 Å². The van der Waals surface area contributed by atoms with Crippen molar-refractivity contribution < 1.29 is 4.90 Å². The van der Waals surface area contributed by atoms with E-state index in [0.29, 0.717) is 5.39 Å². The summed E-state index contributed by atoms with van der Waals surface area (Å²) in [5.41, 5.74) is 3.69. The number of nitrogens with zero attached hydrogens (tertiary/aromatic N) is 1. The van der Waals surface area contributed by atoms with Gasteiger partial charge in [0.1, 0.15) is 10.9 Å². The average Bonchev–Trinajstić information content (AvgIpc) is 3.44. The van der Waals surface area contributed by atoms with Crippen molar-refractivity contribution in [2.75, 3.05) is 13.1 Å². The summed E-state index contributed by atoms with van der Waals surface area (Å²) in [6.45, 7) is 4.14. The van der Waals surface area contributed by atoms with Gasteiger partial charge in [0, 0.05) is 22.2 Å². The summed E-state index contributed by atoms with van der Waals surface area (Å²) in [6.07, 6.45) is 3.37. The molecule has 6 heteroatoms. The second kappa shape index (κ2) is 7.71. The summed E-state index contributed by atoms with van der Waals surface area (Å²) in [7, 11) is 0. The highest BCUT2D eigenvalue weighted by Gasteiger charge is 2.26. The highest BCUT2D eigenvalue weighted by Crippen LogP contribution is 2.33. The number of rotatable bonds is 4. The molecule has 4 heterocycles. The molecular weight excluding hydrogens is 398 g/mol. The number of hydrogen-bond donors (Lipinski definition) is 2. The lowest BCUT2D eigenvalue weighted by Crippen LogP contribution is -3.12. The fourth-order valence-electron chi connectivity index (χ4n) is 4.04. The van der Waals surface area contributed by atoms with Crippen molar-refractivity contribution in [3.8, 4) is 10.4 Å². The van der Waals surface area contributed by atoms with Crippen molar-refractivity contribution in [1.82, 2.24) is 9.97 Å². The maximum atomic E-state index is 12.9. The Bertz CT molecular complexity index is 1220. The van der Waals surface area contributed by atoms with Gasteiger partial charge in [-0.25, -0.2) is 4.98 Å². The first kappa shape index (κ1) is 18.5. The van der Waals surface area contributed by atoms with Crippen LogP contribution >= 0.6 is 22.7 Å². The van der Waals surface area contributed by atoms with E-state index in [-0.39, 0.29) is 11.6 Å². The fourth-order valence-corrected chi connectivity index (χ4v) is 5.81. The molecule has 1 aliphatic rings. The Morgan fingerprint density at radius 3 is 2.72 bits per heavy atom. The van der Waals surface area contributed by atoms with Crippen molar-refractivity contribution in [3.05, 3.63) is 81.0 Å². The molecular formula is C23H22N3OS2+. The van der Waals surface area contributed by atoms with E-state index in [1.165, 1.54) is 16.0 Å². The van der Waals surface area contributed by atoms with Crippen molar-refractivity contribution >= 4 is 38.5 Å². The van der Waals surface area contributed by atoms with Gasteiger partial charge in [-0.15, -0.1) is 22.7 Å². The zero-order valence-electron chi connectivity index (χ0n) is 16.1. The van der Waals surface area contributed by atoms with Crippen LogP contribution in [-0.2, 0) is 0 Å². The molecule has 4 nitrogen and oxygen atoms in total. The van der Waals surface area contributed by atoms with Gasteiger partial charge in [0.15, 0.2) is 5.82 Å². The predicted octanol–water partition coefficient (Wildman–Crippen LogP) is 4.15. The van der Waals surface area contributed by atoms with Crippen LogP contribution in [0.1, 0.15) is 30.8 Å². The maximum absolute atomic E-state index is 12.9. The number of aromatic nitrogens is 2. The number of fused-ring (bicyclic) bond motifs is 1. The zero-order chi connectivity index (χ0) is 19.8. The van der Waals surface area contributed by atoms with Crippen LogP contribution in [0, 0.1) is 0 Å². The minimum atomic E-state index is -0.0292. The summed E-state index contributed by atoms with van der Waals surface area (Å²) in [6, 6.07) is 14.8. The van der Waals surface area contributed by atoms with E-state index in [1.54, 1.807) is 22.7 Å². The molecule has 0 fully saturated rings. The van der Waals surface area contributed by atoms with Crippen LogP contribution in [0.2, 0.25) is 0 Å². The third kappa shape index (κ3) is 3.48. The Hall–Kier alpha value is -2.54. The van der Waals surface area contributed by atoms with E-state index in [9.17, 15) is 4.79 Å². The first-order valence-corrected chi connectivity index (χ1v) is 11.6. The van der Waals surface area contributed by atoms with Gasteiger partial charge in [-0.05, 0) is 35.6 Å². The summed E-state index contributed by atoms with van der Waals surface area (Å²) >= 11 is 3.21. The van der Waals surface area contributed by atoms with Crippen LogP contribution < -0.4 is 10.5 Å². The third-order valence-electron chi connectivity index (χ3n) is 5.74. The summed E-state index contributed by atoms with van der Waals surface area (Å²) in [4.78, 5) is 24.2. The van der Waals surface area contributed by atoms with Gasteiger partial charge < -0.3 is 9.88 Å². The number of aromatic amines is 1. The molecule has 29 heavy (non-hydrogen) atoms. The Labute approximate surface area is 177 Å². The van der Waals surface area contributed by atoms with Crippen LogP contribution in [0.25, 0.3) is 26.2 Å². The molecule has 1 aliphatic heterocycles. The lowest BCUT2D eigenvalue weighted by molar-refractivity contribution is -0.925. The minimum Gasteiger partial charge on any atom is -0.323 e. The molecule has 5 rings (SSSR count). The lowest BCUT2D eigenvalue weighted by atomic mass is 9.99. The third-order valence-corrected chi connectivity index (χ3v) is 7.52. The normalized spacial score (nSPS) is 18.0. The summed E-state index contributed by atoms with van der Waals surface area (Å²) in [5, 5.41) is 4.80. The van der Waals surface area contributed by atoms with Crippen molar-refractivity contribution in [1.29, 1.82) is 0 Å². The fraction of sp³-hybridized carbons (Fsp3) is 0.217. The predicted molar refractivity (Wildman–Crippen MR) is 122 cm³/mol. The second-order valence-corrected chi connectivity index (χ2v) is 9.24. The highest BCUT2D eigenvalue weighted by molar-refractivity contribution is 7.18. The molecule has 0 bridgehead atoms. The smallest absolute Gasteiger partial charge is 0.260 e. The van der Waals surface area contributed by atoms with Gasteiger partial charge in [0.05, 0.1) is 18.5 Å². The monoisotopic (exact) mass is 420 g/mol. The van der Waals surface area contributed by atoms with E-state index in [4.69, 9.17) is 4.98 Å². The van der Waals surface area contributed by atoms with E-state index in [0.717, 1.165) is 40.6 Å². The Kier molecular flexibility index (Phi) is 4.91. The molecule has 4 aromatic rings. The van der Waals surface area contributed by atoms with Gasteiger partial charge in [-0.3, -0.25) is 4.79 Å². The largest absolute Gasteiger partial charge is 0.323 e. The van der Waals surface area contributed by atoms with Gasteiger partial charge >= 0.3 is 0 Å². The number of hydrogen-bond acceptors (Lipinski definition) is 4. The first-order chi connectivity index (χ1) is 14.2. The molecule has 1 aromatic carbocycles. The summed E-state index contributed by atoms with van der Waals surface area (Å²) < 4.78 is 0. The van der Waals surface area contributed by atoms with E-state index >= 15 is 0 Å². The number of nitrogens with one attached hydrogen (secondary N) is 2. The number of quaternary nitrogens is 1. The molecule has 2 atom stereocenters. The molecule has 2 N–H and O–H groups in total. The van der Waals surface area contributed by atoms with E-state index in [2.05, 4.69) is 59.8 Å². The van der Waals surface area contributed by atoms with Crippen LogP contribution in [0.3, 0.4) is 0 Å². The molecule has 0 saturated heterocycles. The Morgan fingerprint density at radius 1 is 1.14 bits per heavy atom. The van der Waals surface area contributed by atoms with Gasteiger partial charge in [-0.1, -0.05) is 36.4 Å². The molecule has 0 aliphatic carbocycles. The lowest BCUT2D eigenvalue weighted by Gasteiger charge is -2.28. The van der Waals surface area contributed by atoms with Crippen LogP contribution in [-0.4, -0.2) is 23.1 Å². The second-order valence-electron chi connectivity index (χ2n) is 7.44. The standard InChI is InChI=1S/C23H21N3OS2/c1-15(26-11-9-17(10-12-26)16-6-3-2-4-7-16)21-24-22(27)20-18(14-29-23(20)25-21)19-8-5-13-28-19/h2-9,13-15H,10-12H2,1H3,(H,24,25,27)/p+1/t15-/m0/s1. The SMILES string of the molecule is C[C@@H](c1nc2scc(-c3cccs3)c2c(=O)[nH]1)[NH+]1CC=C(c2ccccc2)CC1.